The van der Waals surface area contributed by atoms with E-state index in [4.69, 9.17) is 5.41 Å². The van der Waals surface area contributed by atoms with Crippen molar-refractivity contribution in [3.63, 3.8) is 0 Å². The van der Waals surface area contributed by atoms with Gasteiger partial charge in [-0.2, -0.15) is 0 Å². The van der Waals surface area contributed by atoms with Crippen molar-refractivity contribution in [3.8, 4) is 0 Å². The first-order valence-corrected chi connectivity index (χ1v) is 3.27. The zero-order valence-corrected chi connectivity index (χ0v) is 6.65. The molecule has 0 saturated carbocycles. The quantitative estimate of drug-likeness (QED) is 0.548. The van der Waals surface area contributed by atoms with E-state index in [1.54, 1.807) is 0 Å². The van der Waals surface area contributed by atoms with Crippen LogP contribution in [0.25, 0.3) is 0 Å². The van der Waals surface area contributed by atoms with Crippen LogP contribution in [0, 0.1) is 11.3 Å². The molecule has 0 radical (unpaired) electrons. The molecule has 52 valence electrons. The Bertz CT molecular complexity index is 132. The second kappa shape index (κ2) is 3.44. The molecule has 0 unspecified atom stereocenters. The Labute approximate surface area is 57.3 Å². The number of rotatable bonds is 2. The molecule has 0 atom stereocenters. The lowest BCUT2D eigenvalue weighted by molar-refractivity contribution is 0.763. The largest absolute Gasteiger partial charge is 0.308 e. The summed E-state index contributed by atoms with van der Waals surface area (Å²) >= 11 is 0. The van der Waals surface area contributed by atoms with Gasteiger partial charge in [0.15, 0.2) is 0 Å². The first kappa shape index (κ1) is 8.41. The lowest BCUT2D eigenvalue weighted by Crippen LogP contribution is -1.93. The van der Waals surface area contributed by atoms with Gasteiger partial charge < -0.3 is 5.41 Å². The maximum atomic E-state index is 6.95. The molecule has 1 N–H and O–H groups in total. The third-order valence-corrected chi connectivity index (χ3v) is 1.70. The molecule has 0 aromatic heterocycles. The summed E-state index contributed by atoms with van der Waals surface area (Å²) in [6.07, 6.45) is 1.41. The lowest BCUT2D eigenvalue weighted by atomic mass is 10.0. The maximum absolute atomic E-state index is 6.95. The van der Waals surface area contributed by atoms with Gasteiger partial charge in [0.05, 0.1) is 0 Å². The highest BCUT2D eigenvalue weighted by Gasteiger charge is 1.97. The molecular weight excluding hydrogens is 110 g/mol. The van der Waals surface area contributed by atoms with Gasteiger partial charge in [0.1, 0.15) is 0 Å². The molecule has 0 aliphatic rings. The second-order valence-corrected chi connectivity index (χ2v) is 2.67. The molecular formula is C8H15N. The molecule has 0 amide bonds. The van der Waals surface area contributed by atoms with E-state index in [-0.39, 0.29) is 0 Å². The zero-order chi connectivity index (χ0) is 7.44. The molecule has 0 spiro atoms. The fourth-order valence-electron chi connectivity index (χ4n) is 0.569. The molecule has 0 bridgehead atoms. The first-order chi connectivity index (χ1) is 4.09. The molecule has 1 heteroatoms. The fourth-order valence-corrected chi connectivity index (χ4v) is 0.569. The van der Waals surface area contributed by atoms with Crippen molar-refractivity contribution in [2.45, 2.75) is 27.7 Å². The van der Waals surface area contributed by atoms with E-state index in [1.807, 2.05) is 6.92 Å². The van der Waals surface area contributed by atoms with E-state index in [0.717, 1.165) is 5.57 Å². The van der Waals surface area contributed by atoms with E-state index >= 15 is 0 Å². The van der Waals surface area contributed by atoms with Crippen LogP contribution >= 0.6 is 0 Å². The van der Waals surface area contributed by atoms with Gasteiger partial charge in [-0.05, 0) is 25.3 Å². The number of nitrogens with one attached hydrogen (secondary N) is 1. The molecule has 9 heavy (non-hydrogen) atoms. The van der Waals surface area contributed by atoms with Gasteiger partial charge in [-0.3, -0.25) is 0 Å². The summed E-state index contributed by atoms with van der Waals surface area (Å²) in [5.41, 5.74) is 2.40. The van der Waals surface area contributed by atoms with E-state index in [0.29, 0.717) is 5.92 Å². The van der Waals surface area contributed by atoms with Gasteiger partial charge in [0.2, 0.25) is 0 Å². The third-order valence-electron chi connectivity index (χ3n) is 1.70. The van der Waals surface area contributed by atoms with Crippen LogP contribution < -0.4 is 0 Å². The van der Waals surface area contributed by atoms with Crippen LogP contribution in [0.5, 0.6) is 0 Å². The van der Waals surface area contributed by atoms with Gasteiger partial charge in [-0.15, -0.1) is 0 Å². The number of hydrogen-bond acceptors (Lipinski definition) is 1. The van der Waals surface area contributed by atoms with Crippen LogP contribution in [0.1, 0.15) is 27.7 Å². The highest BCUT2D eigenvalue weighted by atomic mass is 14.3. The molecule has 0 aliphatic carbocycles. The summed E-state index contributed by atoms with van der Waals surface area (Å²) in [4.78, 5) is 0. The van der Waals surface area contributed by atoms with Crippen LogP contribution in [0.3, 0.4) is 0 Å². The Morgan fingerprint density at radius 2 is 1.78 bits per heavy atom. The average Bonchev–Trinajstić information content (AvgIpc) is 1.84. The van der Waals surface area contributed by atoms with Gasteiger partial charge in [0.25, 0.3) is 0 Å². The van der Waals surface area contributed by atoms with Crippen molar-refractivity contribution >= 4 is 6.21 Å². The Hall–Kier alpha value is -0.590. The number of hydrogen-bond donors (Lipinski definition) is 1. The Morgan fingerprint density at radius 3 is 1.89 bits per heavy atom. The molecule has 1 nitrogen and oxygen atoms in total. The molecule has 0 aromatic carbocycles. The van der Waals surface area contributed by atoms with E-state index in [9.17, 15) is 0 Å². The maximum Gasteiger partial charge on any atom is 0.0206 e. The predicted octanol–water partition coefficient (Wildman–Crippen LogP) is 2.63. The first-order valence-electron chi connectivity index (χ1n) is 3.27. The van der Waals surface area contributed by atoms with Gasteiger partial charge >= 0.3 is 0 Å². The van der Waals surface area contributed by atoms with Gasteiger partial charge in [-0.1, -0.05) is 19.4 Å². The minimum absolute atomic E-state index is 0.576. The Morgan fingerprint density at radius 1 is 1.33 bits per heavy atom. The molecule has 0 aliphatic heterocycles. The normalized spacial score (nSPS) is 13.4. The minimum Gasteiger partial charge on any atom is -0.308 e. The standard InChI is InChI=1S/C8H15N/c1-6(2)8(4)7(3)5-9/h5-6,9H,1-4H3/b8-7-,9-5?. The van der Waals surface area contributed by atoms with Crippen molar-refractivity contribution in [2.24, 2.45) is 5.92 Å². The van der Waals surface area contributed by atoms with Crippen LogP contribution in [0.15, 0.2) is 11.1 Å². The van der Waals surface area contributed by atoms with Crippen molar-refractivity contribution < 1.29 is 0 Å². The van der Waals surface area contributed by atoms with Crippen molar-refractivity contribution in [1.82, 2.24) is 0 Å². The van der Waals surface area contributed by atoms with Gasteiger partial charge in [-0.25, -0.2) is 0 Å². The molecule has 0 aromatic rings. The SMILES string of the molecule is C/C(C=N)=C(\C)C(C)C. The van der Waals surface area contributed by atoms with Crippen molar-refractivity contribution in [3.05, 3.63) is 11.1 Å². The minimum atomic E-state index is 0.576. The third kappa shape index (κ3) is 2.45. The van der Waals surface area contributed by atoms with Gasteiger partial charge in [0, 0.05) is 6.21 Å². The predicted molar refractivity (Wildman–Crippen MR) is 42.0 cm³/mol. The van der Waals surface area contributed by atoms with Crippen molar-refractivity contribution in [1.29, 1.82) is 5.41 Å². The summed E-state index contributed by atoms with van der Waals surface area (Å²) in [5.74, 6) is 0.576. The van der Waals surface area contributed by atoms with E-state index < -0.39 is 0 Å². The summed E-state index contributed by atoms with van der Waals surface area (Å²) in [6, 6.07) is 0. The smallest absolute Gasteiger partial charge is 0.0206 e. The summed E-state index contributed by atoms with van der Waals surface area (Å²) in [6.45, 7) is 8.33. The Balaban J connectivity index is 4.27. The summed E-state index contributed by atoms with van der Waals surface area (Å²) < 4.78 is 0. The zero-order valence-electron chi connectivity index (χ0n) is 6.65. The van der Waals surface area contributed by atoms with E-state index in [1.165, 1.54) is 11.8 Å². The summed E-state index contributed by atoms with van der Waals surface area (Å²) in [5, 5.41) is 6.95. The van der Waals surface area contributed by atoms with E-state index in [2.05, 4.69) is 20.8 Å². The highest BCUT2D eigenvalue weighted by Crippen LogP contribution is 2.11. The molecule has 0 rings (SSSR count). The van der Waals surface area contributed by atoms with Crippen LogP contribution in [-0.2, 0) is 0 Å². The molecule has 0 saturated heterocycles. The lowest BCUT2D eigenvalue weighted by Gasteiger charge is -2.05. The van der Waals surface area contributed by atoms with Crippen LogP contribution in [0.2, 0.25) is 0 Å². The summed E-state index contributed by atoms with van der Waals surface area (Å²) in [7, 11) is 0. The average molecular weight is 125 g/mol. The second-order valence-electron chi connectivity index (χ2n) is 2.67. The van der Waals surface area contributed by atoms with Crippen LogP contribution in [0.4, 0.5) is 0 Å². The monoisotopic (exact) mass is 125 g/mol. The highest BCUT2D eigenvalue weighted by molar-refractivity contribution is 5.75. The van der Waals surface area contributed by atoms with Crippen molar-refractivity contribution in [2.75, 3.05) is 0 Å². The fraction of sp³-hybridized carbons (Fsp3) is 0.625. The molecule has 0 fully saturated rings. The molecule has 0 heterocycles. The number of allylic oxidation sites excluding steroid dienone is 2. The van der Waals surface area contributed by atoms with Crippen LogP contribution in [-0.4, -0.2) is 6.21 Å². The Kier molecular flexibility index (Phi) is 3.21. The topological polar surface area (TPSA) is 23.9 Å².